The van der Waals surface area contributed by atoms with Crippen molar-refractivity contribution in [3.63, 3.8) is 0 Å². The van der Waals surface area contributed by atoms with Gasteiger partial charge in [0, 0.05) is 50.9 Å². The van der Waals surface area contributed by atoms with Crippen molar-refractivity contribution >= 4 is 61.0 Å². The Hall–Kier alpha value is -2.64. The third kappa shape index (κ3) is 8.21. The van der Waals surface area contributed by atoms with Crippen molar-refractivity contribution in [2.75, 3.05) is 31.9 Å². The van der Waals surface area contributed by atoms with Crippen LogP contribution in [0.5, 0.6) is 0 Å². The quantitative estimate of drug-likeness (QED) is 0.180. The smallest absolute Gasteiger partial charge is 0.326 e. The highest BCUT2D eigenvalue weighted by Crippen LogP contribution is 2.34. The van der Waals surface area contributed by atoms with Crippen molar-refractivity contribution in [3.8, 4) is 11.3 Å². The first-order valence-corrected chi connectivity index (χ1v) is 18.9. The number of halogens is 3. The van der Waals surface area contributed by atoms with Crippen LogP contribution in [0.2, 0.25) is 5.02 Å². The molecule has 2 aromatic carbocycles. The number of hydrogen-bond acceptors (Lipinski definition) is 6. The Labute approximate surface area is 303 Å². The molecule has 0 saturated carbocycles. The number of amides is 2. The zero-order valence-corrected chi connectivity index (χ0v) is 31.0. The molecule has 10 nitrogen and oxygen atoms in total. The maximum atomic E-state index is 14.3. The topological polar surface area (TPSA) is 137 Å². The van der Waals surface area contributed by atoms with Crippen molar-refractivity contribution in [3.05, 3.63) is 72.6 Å². The maximum absolute atomic E-state index is 14.3. The normalized spacial score (nSPS) is 24.3. The predicted molar refractivity (Wildman–Crippen MR) is 197 cm³/mol. The second-order valence-electron chi connectivity index (χ2n) is 13.6. The first-order chi connectivity index (χ1) is 23.0. The number of nitrogens with two attached hydrogens (primary N) is 1. The summed E-state index contributed by atoms with van der Waals surface area (Å²) in [5.41, 5.74) is 8.99. The summed E-state index contributed by atoms with van der Waals surface area (Å²) in [4.78, 5) is 45.6. The number of nitrogens with one attached hydrogen (secondary N) is 4. The molecule has 48 heavy (non-hydrogen) atoms. The maximum Gasteiger partial charge on any atom is 0.326 e. The lowest BCUT2D eigenvalue weighted by molar-refractivity contribution is -0.124. The van der Waals surface area contributed by atoms with E-state index in [1.165, 1.54) is 0 Å². The van der Waals surface area contributed by atoms with Crippen LogP contribution in [0.1, 0.15) is 57.1 Å². The van der Waals surface area contributed by atoms with Gasteiger partial charge < -0.3 is 31.6 Å². The molecule has 0 spiro atoms. The Morgan fingerprint density at radius 3 is 2.40 bits per heavy atom. The molecule has 13 heteroatoms. The molecule has 3 saturated heterocycles. The van der Waals surface area contributed by atoms with Crippen molar-refractivity contribution in [1.82, 2.24) is 30.4 Å². The van der Waals surface area contributed by atoms with Crippen molar-refractivity contribution in [2.45, 2.75) is 76.0 Å². The number of urea groups is 1. The fraction of sp³-hybridized carbons (Fsp3) is 0.514. The van der Waals surface area contributed by atoms with E-state index in [2.05, 4.69) is 59.7 Å². The summed E-state index contributed by atoms with van der Waals surface area (Å²) in [6.45, 7) is 4.99. The van der Waals surface area contributed by atoms with E-state index < -0.39 is 6.04 Å². The van der Waals surface area contributed by atoms with Crippen LogP contribution >= 0.6 is 43.5 Å². The van der Waals surface area contributed by atoms with E-state index in [-0.39, 0.29) is 29.6 Å². The van der Waals surface area contributed by atoms with Gasteiger partial charge in [-0.25, -0.2) is 9.59 Å². The summed E-state index contributed by atoms with van der Waals surface area (Å²) in [6, 6.07) is 10.4. The second kappa shape index (κ2) is 15.5. The Morgan fingerprint density at radius 1 is 1.02 bits per heavy atom. The highest BCUT2D eigenvalue weighted by Gasteiger charge is 2.37. The lowest BCUT2D eigenvalue weighted by Gasteiger charge is -2.39. The molecule has 0 radical (unpaired) electrons. The van der Waals surface area contributed by atoms with Gasteiger partial charge in [-0.1, -0.05) is 23.7 Å². The summed E-state index contributed by atoms with van der Waals surface area (Å²) in [6.07, 6.45) is 7.54. The van der Waals surface area contributed by atoms with Crippen molar-refractivity contribution < 1.29 is 9.59 Å². The van der Waals surface area contributed by atoms with E-state index in [0.29, 0.717) is 66.6 Å². The highest BCUT2D eigenvalue weighted by atomic mass is 79.9. The Morgan fingerprint density at radius 2 is 1.71 bits per heavy atom. The number of benzene rings is 2. The highest BCUT2D eigenvalue weighted by molar-refractivity contribution is 9.11. The molecule has 6 N–H and O–H groups in total. The largest absolute Gasteiger partial charge is 0.397 e. The van der Waals surface area contributed by atoms with Crippen LogP contribution in [0.15, 0.2) is 56.3 Å². The van der Waals surface area contributed by atoms with Gasteiger partial charge in [0.05, 0.1) is 23.5 Å². The summed E-state index contributed by atoms with van der Waals surface area (Å²) in [7, 11) is 0. The molecule has 3 fully saturated rings. The van der Waals surface area contributed by atoms with Crippen LogP contribution in [0, 0.1) is 11.8 Å². The lowest BCUT2D eigenvalue weighted by Crippen LogP contribution is -2.56. The molecular formula is C35H44Br2ClN7O3. The number of Topliss-reactive ketones (excluding diaryl/α,β-unsaturated/α-hetero) is 1. The SMILES string of the molecule is CC1CC(C2CCNC(C(=O)[C@@H](Cc3cc(Br)c(N)c(Br)c3)NC(=O)N3CCC(n4cc(-c5cccc(Cl)c5)[nH]c4=O)CC3)C2)CCN1. The van der Waals surface area contributed by atoms with Gasteiger partial charge in [-0.05, 0) is 138 Å². The van der Waals surface area contributed by atoms with E-state index in [1.54, 1.807) is 15.5 Å². The zero-order valence-electron chi connectivity index (χ0n) is 27.1. The molecule has 0 aliphatic carbocycles. The molecule has 6 rings (SSSR count). The summed E-state index contributed by atoms with van der Waals surface area (Å²) < 4.78 is 3.20. The molecule has 1 aromatic heterocycles. The molecule has 2 amide bonds. The number of nitrogens with zero attached hydrogens (tertiary/aromatic N) is 2. The van der Waals surface area contributed by atoms with Crippen LogP contribution in [0.3, 0.4) is 0 Å². The predicted octanol–water partition coefficient (Wildman–Crippen LogP) is 5.89. The van der Waals surface area contributed by atoms with Crippen LogP contribution in [-0.4, -0.2) is 70.6 Å². The standard InChI is InChI=1S/C35H44Br2ClN7O3/c1-20-13-22(5-9-40-20)23-6-10-41-29(18-23)33(46)30(16-21-14-27(36)32(39)28(37)15-21)42-34(47)44-11-7-26(8-12-44)45-19-31(43-35(45)48)24-3-2-4-25(38)17-24/h2-4,14-15,17,19-20,22-23,26,29-30,40-41H,5-13,16,18,39H2,1H3,(H,42,47)(H,43,48)/t20?,22?,23?,29?,30-/m1/s1. The van der Waals surface area contributed by atoms with Crippen molar-refractivity contribution in [1.29, 1.82) is 0 Å². The van der Waals surface area contributed by atoms with Gasteiger partial charge in [0.25, 0.3) is 0 Å². The first kappa shape index (κ1) is 35.2. The van der Waals surface area contributed by atoms with Gasteiger partial charge in [0.2, 0.25) is 0 Å². The molecule has 4 heterocycles. The Kier molecular flexibility index (Phi) is 11.4. The summed E-state index contributed by atoms with van der Waals surface area (Å²) >= 11 is 13.2. The third-order valence-corrected chi connectivity index (χ3v) is 11.9. The number of aromatic nitrogens is 2. The fourth-order valence-electron chi connectivity index (χ4n) is 7.72. The van der Waals surface area contributed by atoms with Crippen molar-refractivity contribution in [2.24, 2.45) is 11.8 Å². The first-order valence-electron chi connectivity index (χ1n) is 16.9. The summed E-state index contributed by atoms with van der Waals surface area (Å²) in [5.74, 6) is 1.10. The Bertz CT molecular complexity index is 1670. The average Bonchev–Trinajstić information content (AvgIpc) is 3.48. The zero-order chi connectivity index (χ0) is 33.9. The minimum Gasteiger partial charge on any atom is -0.397 e. The van der Waals surface area contributed by atoms with Crippen LogP contribution in [0.25, 0.3) is 11.3 Å². The number of nitrogen functional groups attached to an aromatic ring is 1. The number of carbonyl (C=O) groups excluding carboxylic acids is 2. The molecule has 0 bridgehead atoms. The van der Waals surface area contributed by atoms with E-state index in [4.69, 9.17) is 17.3 Å². The molecule has 5 atom stereocenters. The minimum absolute atomic E-state index is 0.0152. The number of likely N-dealkylation sites (tertiary alicyclic amines) is 1. The van der Waals surface area contributed by atoms with E-state index in [1.807, 2.05) is 36.5 Å². The van der Waals surface area contributed by atoms with E-state index in [9.17, 15) is 14.4 Å². The molecule has 3 aromatic rings. The number of hydrogen-bond donors (Lipinski definition) is 5. The van der Waals surface area contributed by atoms with Gasteiger partial charge in [0.1, 0.15) is 0 Å². The van der Waals surface area contributed by atoms with Crippen LogP contribution in [0.4, 0.5) is 10.5 Å². The number of carbonyl (C=O) groups is 2. The van der Waals surface area contributed by atoms with E-state index >= 15 is 0 Å². The molecular weight excluding hydrogens is 762 g/mol. The monoisotopic (exact) mass is 803 g/mol. The molecule has 3 aliphatic heterocycles. The van der Waals surface area contributed by atoms with Crippen LogP contribution < -0.4 is 27.4 Å². The number of anilines is 1. The van der Waals surface area contributed by atoms with Gasteiger partial charge >= 0.3 is 11.7 Å². The van der Waals surface area contributed by atoms with Gasteiger partial charge in [-0.2, -0.15) is 0 Å². The minimum atomic E-state index is -0.714. The number of piperidine rings is 3. The van der Waals surface area contributed by atoms with Crippen LogP contribution in [-0.2, 0) is 11.2 Å². The number of imidazole rings is 1. The molecule has 4 unspecified atom stereocenters. The second-order valence-corrected chi connectivity index (χ2v) is 15.8. The fourth-order valence-corrected chi connectivity index (χ4v) is 9.19. The third-order valence-electron chi connectivity index (χ3n) is 10.4. The van der Waals surface area contributed by atoms with Gasteiger partial charge in [0.15, 0.2) is 5.78 Å². The van der Waals surface area contributed by atoms with Gasteiger partial charge in [-0.3, -0.25) is 9.36 Å². The number of rotatable bonds is 8. The number of ketones is 1. The Balaban J connectivity index is 1.14. The number of H-pyrrole nitrogens is 1. The molecule has 3 aliphatic rings. The molecule has 258 valence electrons. The average molecular weight is 806 g/mol. The van der Waals surface area contributed by atoms with E-state index in [0.717, 1.165) is 58.8 Å². The lowest BCUT2D eigenvalue weighted by atomic mass is 9.75. The number of aromatic amines is 1. The van der Waals surface area contributed by atoms with Gasteiger partial charge in [-0.15, -0.1) is 0 Å². The summed E-state index contributed by atoms with van der Waals surface area (Å²) in [5, 5.41) is 10.8.